The average molecular weight is 441 g/mol. The van der Waals surface area contributed by atoms with Crippen molar-refractivity contribution in [1.82, 2.24) is 10.2 Å². The van der Waals surface area contributed by atoms with E-state index in [9.17, 15) is 9.59 Å². The highest BCUT2D eigenvalue weighted by atomic mass is 32.2. The van der Waals surface area contributed by atoms with Crippen molar-refractivity contribution in [3.8, 4) is 0 Å². The van der Waals surface area contributed by atoms with E-state index in [1.807, 2.05) is 32.0 Å². The minimum Gasteiger partial charge on any atom is -0.354 e. The van der Waals surface area contributed by atoms with Crippen LogP contribution < -0.4 is 5.32 Å². The standard InChI is InChI=1S/C26H36N2O2S/c1-5-7-16-27-26(30)24(6-2)28(19-22-10-8-9-21(4)18-22)25(29)15-17-31-23-13-11-20(3)12-14-23/h8-14,18,24H,5-7,15-17,19H2,1-4H3,(H,27,30)/t24-/m1/s1. The highest BCUT2D eigenvalue weighted by Gasteiger charge is 2.28. The first kappa shape index (κ1) is 25.0. The molecule has 0 saturated carbocycles. The van der Waals surface area contributed by atoms with Crippen molar-refractivity contribution in [2.24, 2.45) is 0 Å². The number of carbonyl (C=O) groups is 2. The van der Waals surface area contributed by atoms with Gasteiger partial charge in [0.25, 0.3) is 0 Å². The van der Waals surface area contributed by atoms with Gasteiger partial charge in [-0.1, -0.05) is 67.8 Å². The number of unbranched alkanes of at least 4 members (excludes halogenated alkanes) is 1. The van der Waals surface area contributed by atoms with Gasteiger partial charge in [-0.05, 0) is 44.4 Å². The predicted octanol–water partition coefficient (Wildman–Crippen LogP) is 5.51. The topological polar surface area (TPSA) is 49.4 Å². The van der Waals surface area contributed by atoms with Gasteiger partial charge in [-0.2, -0.15) is 0 Å². The van der Waals surface area contributed by atoms with E-state index in [0.717, 1.165) is 28.9 Å². The molecule has 168 valence electrons. The maximum atomic E-state index is 13.2. The molecule has 1 atom stereocenters. The smallest absolute Gasteiger partial charge is 0.242 e. The number of thioether (sulfide) groups is 1. The lowest BCUT2D eigenvalue weighted by Crippen LogP contribution is -2.49. The van der Waals surface area contributed by atoms with E-state index in [1.54, 1.807) is 16.7 Å². The van der Waals surface area contributed by atoms with E-state index in [0.29, 0.717) is 31.7 Å². The molecule has 4 nitrogen and oxygen atoms in total. The van der Waals surface area contributed by atoms with Gasteiger partial charge in [-0.3, -0.25) is 9.59 Å². The summed E-state index contributed by atoms with van der Waals surface area (Å²) in [5.41, 5.74) is 3.43. The summed E-state index contributed by atoms with van der Waals surface area (Å²) < 4.78 is 0. The van der Waals surface area contributed by atoms with Crippen LogP contribution in [0.2, 0.25) is 0 Å². The quantitative estimate of drug-likeness (QED) is 0.350. The van der Waals surface area contributed by atoms with Crippen molar-refractivity contribution in [2.75, 3.05) is 12.3 Å². The van der Waals surface area contributed by atoms with Crippen LogP contribution in [0.3, 0.4) is 0 Å². The zero-order valence-corrected chi connectivity index (χ0v) is 20.1. The number of aryl methyl sites for hydroxylation is 2. The number of hydrogen-bond donors (Lipinski definition) is 1. The molecule has 0 aliphatic carbocycles. The molecule has 0 fully saturated rings. The van der Waals surface area contributed by atoms with Gasteiger partial charge in [-0.15, -0.1) is 11.8 Å². The number of amides is 2. The summed E-state index contributed by atoms with van der Waals surface area (Å²) >= 11 is 1.68. The van der Waals surface area contributed by atoms with Crippen LogP contribution in [0.25, 0.3) is 0 Å². The number of nitrogens with one attached hydrogen (secondary N) is 1. The van der Waals surface area contributed by atoms with E-state index in [2.05, 4.69) is 49.5 Å². The Bertz CT molecular complexity index is 836. The van der Waals surface area contributed by atoms with Gasteiger partial charge in [0.15, 0.2) is 0 Å². The molecule has 0 spiro atoms. The van der Waals surface area contributed by atoms with Crippen molar-refractivity contribution in [1.29, 1.82) is 0 Å². The molecule has 2 aromatic rings. The Hall–Kier alpha value is -2.27. The third kappa shape index (κ3) is 8.41. The van der Waals surface area contributed by atoms with Gasteiger partial charge < -0.3 is 10.2 Å². The molecule has 0 bridgehead atoms. The summed E-state index contributed by atoms with van der Waals surface area (Å²) in [6, 6.07) is 16.1. The van der Waals surface area contributed by atoms with Crippen molar-refractivity contribution >= 4 is 23.6 Å². The number of rotatable bonds is 12. The Morgan fingerprint density at radius 2 is 1.77 bits per heavy atom. The summed E-state index contributed by atoms with van der Waals surface area (Å²) in [6.07, 6.45) is 2.98. The Balaban J connectivity index is 2.09. The lowest BCUT2D eigenvalue weighted by Gasteiger charge is -2.31. The normalized spacial score (nSPS) is 11.7. The molecule has 0 unspecified atom stereocenters. The van der Waals surface area contributed by atoms with Crippen LogP contribution in [0, 0.1) is 13.8 Å². The minimum atomic E-state index is -0.450. The Labute approximate surface area is 191 Å². The van der Waals surface area contributed by atoms with Gasteiger partial charge in [0, 0.05) is 30.2 Å². The van der Waals surface area contributed by atoms with E-state index in [-0.39, 0.29) is 11.8 Å². The fourth-order valence-electron chi connectivity index (χ4n) is 3.47. The molecule has 2 aromatic carbocycles. The van der Waals surface area contributed by atoms with E-state index >= 15 is 0 Å². The van der Waals surface area contributed by atoms with E-state index in [4.69, 9.17) is 0 Å². The van der Waals surface area contributed by atoms with Gasteiger partial charge in [0.2, 0.25) is 11.8 Å². The van der Waals surface area contributed by atoms with Crippen molar-refractivity contribution in [3.05, 3.63) is 65.2 Å². The minimum absolute atomic E-state index is 0.0265. The first-order valence-electron chi connectivity index (χ1n) is 11.3. The lowest BCUT2D eigenvalue weighted by molar-refractivity contribution is -0.141. The molecule has 31 heavy (non-hydrogen) atoms. The van der Waals surface area contributed by atoms with Gasteiger partial charge in [0.1, 0.15) is 6.04 Å². The summed E-state index contributed by atoms with van der Waals surface area (Å²) in [7, 11) is 0. The van der Waals surface area contributed by atoms with Crippen LogP contribution in [0.15, 0.2) is 53.4 Å². The van der Waals surface area contributed by atoms with Crippen LogP contribution in [-0.2, 0) is 16.1 Å². The molecule has 1 N–H and O–H groups in total. The van der Waals surface area contributed by atoms with Gasteiger partial charge in [-0.25, -0.2) is 0 Å². The third-order valence-electron chi connectivity index (χ3n) is 5.26. The summed E-state index contributed by atoms with van der Waals surface area (Å²) in [5, 5.41) is 3.02. The molecule has 0 aromatic heterocycles. The maximum Gasteiger partial charge on any atom is 0.242 e. The Morgan fingerprint density at radius 1 is 1.03 bits per heavy atom. The molecular formula is C26H36N2O2S. The molecule has 2 amide bonds. The summed E-state index contributed by atoms with van der Waals surface area (Å²) in [6.45, 7) is 9.29. The third-order valence-corrected chi connectivity index (χ3v) is 6.27. The molecule has 0 radical (unpaired) electrons. The zero-order chi connectivity index (χ0) is 22.6. The monoisotopic (exact) mass is 440 g/mol. The number of hydrogen-bond acceptors (Lipinski definition) is 3. The largest absolute Gasteiger partial charge is 0.354 e. The highest BCUT2D eigenvalue weighted by molar-refractivity contribution is 7.99. The molecule has 0 heterocycles. The highest BCUT2D eigenvalue weighted by Crippen LogP contribution is 2.21. The zero-order valence-electron chi connectivity index (χ0n) is 19.3. The lowest BCUT2D eigenvalue weighted by atomic mass is 10.1. The molecule has 0 aliphatic heterocycles. The second kappa shape index (κ2) is 13.2. The van der Waals surface area contributed by atoms with Crippen LogP contribution in [-0.4, -0.2) is 35.1 Å². The second-order valence-electron chi connectivity index (χ2n) is 7.99. The van der Waals surface area contributed by atoms with Crippen LogP contribution >= 0.6 is 11.8 Å². The fraction of sp³-hybridized carbons (Fsp3) is 0.462. The number of carbonyl (C=O) groups excluding carboxylic acids is 2. The van der Waals surface area contributed by atoms with E-state index in [1.165, 1.54) is 5.56 Å². The van der Waals surface area contributed by atoms with Crippen LogP contribution in [0.1, 0.15) is 56.2 Å². The first-order chi connectivity index (χ1) is 14.9. The molecular weight excluding hydrogens is 404 g/mol. The fourth-order valence-corrected chi connectivity index (χ4v) is 4.31. The SMILES string of the molecule is CCCCNC(=O)[C@@H](CC)N(Cc1cccc(C)c1)C(=O)CCSc1ccc(C)cc1. The second-order valence-corrected chi connectivity index (χ2v) is 9.16. The molecule has 0 aliphatic rings. The van der Waals surface area contributed by atoms with Crippen molar-refractivity contribution in [3.63, 3.8) is 0 Å². The average Bonchev–Trinajstić information content (AvgIpc) is 2.75. The van der Waals surface area contributed by atoms with Crippen molar-refractivity contribution in [2.45, 2.75) is 70.9 Å². The Kier molecular flexibility index (Phi) is 10.6. The maximum absolute atomic E-state index is 13.2. The van der Waals surface area contributed by atoms with Crippen LogP contribution in [0.5, 0.6) is 0 Å². The molecule has 2 rings (SSSR count). The number of nitrogens with zero attached hydrogens (tertiary/aromatic N) is 1. The van der Waals surface area contributed by atoms with Gasteiger partial charge >= 0.3 is 0 Å². The number of benzene rings is 2. The Morgan fingerprint density at radius 3 is 2.42 bits per heavy atom. The van der Waals surface area contributed by atoms with Gasteiger partial charge in [0.05, 0.1) is 0 Å². The predicted molar refractivity (Wildman–Crippen MR) is 130 cm³/mol. The summed E-state index contributed by atoms with van der Waals surface area (Å²) in [5.74, 6) is 0.668. The van der Waals surface area contributed by atoms with Crippen LogP contribution in [0.4, 0.5) is 0 Å². The first-order valence-corrected chi connectivity index (χ1v) is 12.2. The van der Waals surface area contributed by atoms with E-state index < -0.39 is 6.04 Å². The van der Waals surface area contributed by atoms with Crippen molar-refractivity contribution < 1.29 is 9.59 Å². The summed E-state index contributed by atoms with van der Waals surface area (Å²) in [4.78, 5) is 29.0. The molecule has 5 heteroatoms. The molecule has 0 saturated heterocycles.